The highest BCUT2D eigenvalue weighted by Gasteiger charge is 2.31. The maximum absolute atomic E-state index is 9.07. The third-order valence-electron chi connectivity index (χ3n) is 6.37. The van der Waals surface area contributed by atoms with Gasteiger partial charge in [0.25, 0.3) is 0 Å². The lowest BCUT2D eigenvalue weighted by Crippen LogP contribution is -2.17. The number of aromatic amines is 1. The average molecular weight is 477 g/mol. The second-order valence-corrected chi connectivity index (χ2v) is 10.4. The molecule has 174 valence electrons. The Morgan fingerprint density at radius 3 is 2.37 bits per heavy atom. The maximum Gasteiger partial charge on any atom is 0.135 e. The van der Waals surface area contributed by atoms with Crippen molar-refractivity contribution in [3.05, 3.63) is 106 Å². The maximum atomic E-state index is 9.07. The van der Waals surface area contributed by atoms with Gasteiger partial charge in [0.15, 0.2) is 0 Å². The third-order valence-corrected chi connectivity index (χ3v) is 8.11. The van der Waals surface area contributed by atoms with Crippen molar-refractivity contribution in [2.75, 3.05) is 5.32 Å². The van der Waals surface area contributed by atoms with Gasteiger partial charge in [0.1, 0.15) is 11.6 Å². The summed E-state index contributed by atoms with van der Waals surface area (Å²) >= 11 is 1.95. The van der Waals surface area contributed by atoms with Gasteiger partial charge in [-0.3, -0.25) is 0 Å². The van der Waals surface area contributed by atoms with Crippen LogP contribution in [0.25, 0.3) is 0 Å². The lowest BCUT2D eigenvalue weighted by molar-refractivity contribution is 0.673. The molecular formula is C30H28N4S. The first-order chi connectivity index (χ1) is 17.0. The van der Waals surface area contributed by atoms with Crippen molar-refractivity contribution in [2.45, 2.75) is 37.3 Å². The molecule has 4 aromatic rings. The molecule has 1 aliphatic rings. The summed E-state index contributed by atoms with van der Waals surface area (Å²) in [7, 11) is 0. The summed E-state index contributed by atoms with van der Waals surface area (Å²) in [4.78, 5) is 9.65. The van der Waals surface area contributed by atoms with Gasteiger partial charge in [-0.05, 0) is 74.2 Å². The van der Waals surface area contributed by atoms with Gasteiger partial charge < -0.3 is 10.3 Å². The fourth-order valence-corrected chi connectivity index (χ4v) is 6.18. The average Bonchev–Trinajstić information content (AvgIpc) is 3.26. The Labute approximate surface area is 211 Å². The van der Waals surface area contributed by atoms with Crippen LogP contribution in [0.15, 0.2) is 82.7 Å². The van der Waals surface area contributed by atoms with E-state index in [0.29, 0.717) is 5.56 Å². The van der Waals surface area contributed by atoms with Crippen LogP contribution in [-0.2, 0) is 6.42 Å². The molecule has 5 heteroatoms. The zero-order chi connectivity index (χ0) is 24.4. The standard InChI is InChI=1S/C30H28N4S/c1-19-13-20(2)28(21(3)14-19)35-29-24(15-22-7-5-4-6-8-22)18-32-30-26(29)16-27(34-30)33-25-11-9-23(17-31)10-12-25/h4-14,16,18,24,29,33-34H,15H2,1-3H3. The van der Waals surface area contributed by atoms with Crippen LogP contribution in [0, 0.1) is 38.0 Å². The van der Waals surface area contributed by atoms with E-state index in [4.69, 9.17) is 10.3 Å². The predicted molar refractivity (Wildman–Crippen MR) is 146 cm³/mol. The minimum absolute atomic E-state index is 0.232. The van der Waals surface area contributed by atoms with Crippen LogP contribution in [0.5, 0.6) is 0 Å². The Hall–Kier alpha value is -3.75. The van der Waals surface area contributed by atoms with Crippen LogP contribution < -0.4 is 5.32 Å². The molecule has 5 rings (SSSR count). The molecule has 35 heavy (non-hydrogen) atoms. The number of aromatic nitrogens is 1. The number of aryl methyl sites for hydroxylation is 3. The normalized spacial score (nSPS) is 16.5. The minimum Gasteiger partial charge on any atom is -0.342 e. The highest BCUT2D eigenvalue weighted by atomic mass is 32.2. The van der Waals surface area contributed by atoms with Gasteiger partial charge in [-0.2, -0.15) is 5.26 Å². The Bertz CT molecular complexity index is 1390. The zero-order valence-corrected chi connectivity index (χ0v) is 21.0. The molecule has 0 bridgehead atoms. The summed E-state index contributed by atoms with van der Waals surface area (Å²) in [5, 5.41) is 12.7. The summed E-state index contributed by atoms with van der Waals surface area (Å²) in [6.45, 7) is 6.58. The molecular weight excluding hydrogens is 448 g/mol. The van der Waals surface area contributed by atoms with Gasteiger partial charge in [0, 0.05) is 33.5 Å². The minimum atomic E-state index is 0.232. The lowest BCUT2D eigenvalue weighted by Gasteiger charge is -2.28. The number of H-pyrrole nitrogens is 1. The molecule has 0 spiro atoms. The molecule has 0 saturated heterocycles. The number of hydrogen-bond donors (Lipinski definition) is 2. The van der Waals surface area contributed by atoms with E-state index >= 15 is 0 Å². The molecule has 1 aliphatic heterocycles. The van der Waals surface area contributed by atoms with Crippen molar-refractivity contribution in [2.24, 2.45) is 10.9 Å². The van der Waals surface area contributed by atoms with E-state index in [2.05, 4.69) is 91.9 Å². The van der Waals surface area contributed by atoms with E-state index in [9.17, 15) is 0 Å². The summed E-state index contributed by atoms with van der Waals surface area (Å²) < 4.78 is 0. The molecule has 0 fully saturated rings. The van der Waals surface area contributed by atoms with Crippen molar-refractivity contribution in [1.82, 2.24) is 4.98 Å². The van der Waals surface area contributed by atoms with Gasteiger partial charge >= 0.3 is 0 Å². The summed E-state index contributed by atoms with van der Waals surface area (Å²) in [5.74, 6) is 2.08. The lowest BCUT2D eigenvalue weighted by atomic mass is 9.92. The topological polar surface area (TPSA) is 64.0 Å². The van der Waals surface area contributed by atoms with E-state index in [1.165, 1.54) is 32.7 Å². The number of benzene rings is 3. The van der Waals surface area contributed by atoms with Gasteiger partial charge in [0.05, 0.1) is 11.6 Å². The van der Waals surface area contributed by atoms with Crippen LogP contribution in [0.1, 0.15) is 38.6 Å². The Balaban J connectivity index is 1.49. The molecule has 2 N–H and O–H groups in total. The highest BCUT2D eigenvalue weighted by Crippen LogP contribution is 2.49. The second kappa shape index (κ2) is 9.85. The highest BCUT2D eigenvalue weighted by molar-refractivity contribution is 7.99. The number of nitrogens with zero attached hydrogens (tertiary/aromatic N) is 2. The van der Waals surface area contributed by atoms with Crippen molar-refractivity contribution in [3.63, 3.8) is 0 Å². The first kappa shape index (κ1) is 23.0. The van der Waals surface area contributed by atoms with Crippen molar-refractivity contribution in [1.29, 1.82) is 5.26 Å². The van der Waals surface area contributed by atoms with E-state index in [-0.39, 0.29) is 11.2 Å². The third kappa shape index (κ3) is 5.03. The quantitative estimate of drug-likeness (QED) is 0.297. The number of rotatable bonds is 6. The monoisotopic (exact) mass is 476 g/mol. The van der Waals surface area contributed by atoms with Gasteiger partial charge in [-0.15, -0.1) is 11.8 Å². The van der Waals surface area contributed by atoms with Crippen LogP contribution in [0.2, 0.25) is 0 Å². The largest absolute Gasteiger partial charge is 0.342 e. The van der Waals surface area contributed by atoms with E-state index in [0.717, 1.165) is 23.7 Å². The fourth-order valence-electron chi connectivity index (χ4n) is 4.79. The molecule has 2 atom stereocenters. The number of nitriles is 1. The first-order valence-electron chi connectivity index (χ1n) is 11.8. The van der Waals surface area contributed by atoms with Crippen LogP contribution in [-0.4, -0.2) is 11.2 Å². The van der Waals surface area contributed by atoms with Crippen molar-refractivity contribution < 1.29 is 0 Å². The Morgan fingerprint density at radius 2 is 1.69 bits per heavy atom. The number of aliphatic imine (C=N–C) groups is 1. The number of hydrogen-bond acceptors (Lipinski definition) is 4. The van der Waals surface area contributed by atoms with E-state index < -0.39 is 0 Å². The smallest absolute Gasteiger partial charge is 0.135 e. The van der Waals surface area contributed by atoms with Crippen molar-refractivity contribution >= 4 is 35.3 Å². The molecule has 3 aromatic carbocycles. The zero-order valence-electron chi connectivity index (χ0n) is 20.2. The van der Waals surface area contributed by atoms with E-state index in [1.807, 2.05) is 36.0 Å². The molecule has 2 heterocycles. The predicted octanol–water partition coefficient (Wildman–Crippen LogP) is 7.96. The van der Waals surface area contributed by atoms with Gasteiger partial charge in [-0.25, -0.2) is 4.99 Å². The molecule has 0 amide bonds. The second-order valence-electron chi connectivity index (χ2n) is 9.20. The molecule has 2 unspecified atom stereocenters. The SMILES string of the molecule is Cc1cc(C)c(SC2c3cc(Nc4ccc(C#N)cc4)[nH]c3N=CC2Cc2ccccc2)c(C)c1. The summed E-state index contributed by atoms with van der Waals surface area (Å²) in [6.07, 6.45) is 3.06. The van der Waals surface area contributed by atoms with Gasteiger partial charge in [-0.1, -0.05) is 48.0 Å². The fraction of sp³-hybridized carbons (Fsp3) is 0.200. The van der Waals surface area contributed by atoms with Gasteiger partial charge in [0.2, 0.25) is 0 Å². The molecule has 1 aromatic heterocycles. The van der Waals surface area contributed by atoms with Crippen LogP contribution in [0.4, 0.5) is 17.3 Å². The first-order valence-corrected chi connectivity index (χ1v) is 12.7. The number of anilines is 2. The number of fused-ring (bicyclic) bond motifs is 1. The molecule has 0 saturated carbocycles. The van der Waals surface area contributed by atoms with E-state index in [1.54, 1.807) is 0 Å². The van der Waals surface area contributed by atoms with Crippen LogP contribution >= 0.6 is 11.8 Å². The Morgan fingerprint density at radius 1 is 0.971 bits per heavy atom. The van der Waals surface area contributed by atoms with Crippen molar-refractivity contribution in [3.8, 4) is 6.07 Å². The molecule has 4 nitrogen and oxygen atoms in total. The molecule has 0 aliphatic carbocycles. The summed E-state index contributed by atoms with van der Waals surface area (Å²) in [6, 6.07) is 27.1. The molecule has 0 radical (unpaired) electrons. The number of nitrogens with one attached hydrogen (secondary N) is 2. The number of thioether (sulfide) groups is 1. The Kier molecular flexibility index (Phi) is 6.48. The summed E-state index contributed by atoms with van der Waals surface area (Å²) in [5.41, 5.74) is 8.06. The van der Waals surface area contributed by atoms with Crippen LogP contribution in [0.3, 0.4) is 0 Å².